The molecule has 1 aliphatic heterocycles. The van der Waals surface area contributed by atoms with E-state index in [1.165, 1.54) is 4.31 Å². The Balaban J connectivity index is 1.78. The van der Waals surface area contributed by atoms with Crippen LogP contribution < -0.4 is 4.31 Å². The van der Waals surface area contributed by atoms with Gasteiger partial charge in [-0.3, -0.25) is 9.10 Å². The summed E-state index contributed by atoms with van der Waals surface area (Å²) in [4.78, 5) is 17.7. The van der Waals surface area contributed by atoms with E-state index < -0.39 is 10.0 Å². The first-order valence-corrected chi connectivity index (χ1v) is 12.5. The molecule has 1 aliphatic rings. The Kier molecular flexibility index (Phi) is 6.81. The van der Waals surface area contributed by atoms with Crippen molar-refractivity contribution in [1.82, 2.24) is 9.80 Å². The average molecular weight is 464 g/mol. The van der Waals surface area contributed by atoms with Crippen molar-refractivity contribution >= 4 is 21.6 Å². The summed E-state index contributed by atoms with van der Waals surface area (Å²) < 4.78 is 29.0. The van der Waals surface area contributed by atoms with Crippen LogP contribution in [-0.4, -0.2) is 57.4 Å². The number of carbonyl (C=O) groups excluding carboxylic acids is 1. The van der Waals surface area contributed by atoms with Crippen LogP contribution in [0.4, 0.5) is 5.69 Å². The van der Waals surface area contributed by atoms with Crippen molar-refractivity contribution in [3.8, 4) is 0 Å². The summed E-state index contributed by atoms with van der Waals surface area (Å²) in [5, 5.41) is 0. The lowest BCUT2D eigenvalue weighted by atomic mass is 10.1. The van der Waals surface area contributed by atoms with Crippen LogP contribution in [0, 0.1) is 6.92 Å². The topological polar surface area (TPSA) is 60.9 Å². The van der Waals surface area contributed by atoms with Crippen molar-refractivity contribution in [2.45, 2.75) is 18.4 Å². The van der Waals surface area contributed by atoms with Gasteiger partial charge in [0.05, 0.1) is 22.7 Å². The number of hydrogen-bond acceptors (Lipinski definition) is 4. The minimum absolute atomic E-state index is 0.129. The third-order valence-corrected chi connectivity index (χ3v) is 7.75. The summed E-state index contributed by atoms with van der Waals surface area (Å²) in [6, 6.07) is 23.3. The summed E-state index contributed by atoms with van der Waals surface area (Å²) in [6.07, 6.45) is 0. The molecule has 33 heavy (non-hydrogen) atoms. The van der Waals surface area contributed by atoms with Crippen molar-refractivity contribution < 1.29 is 13.2 Å². The molecule has 0 aromatic heterocycles. The third kappa shape index (κ3) is 5.10. The zero-order valence-electron chi connectivity index (χ0n) is 19.0. The van der Waals surface area contributed by atoms with E-state index in [0.717, 1.165) is 24.2 Å². The number of benzene rings is 3. The lowest BCUT2D eigenvalue weighted by Crippen LogP contribution is -2.47. The van der Waals surface area contributed by atoms with Crippen LogP contribution >= 0.6 is 0 Å². The van der Waals surface area contributed by atoms with E-state index in [1.54, 1.807) is 53.4 Å². The SMILES string of the molecule is Cc1ccc(S(=O)(=O)N(Cc2ccccc2)c2ccccc2C(=O)N2CCN(C)CC2)cc1. The van der Waals surface area contributed by atoms with Crippen LogP contribution in [0.3, 0.4) is 0 Å². The summed E-state index contributed by atoms with van der Waals surface area (Å²) in [5.74, 6) is -0.143. The van der Waals surface area contributed by atoms with Gasteiger partial charge in [-0.05, 0) is 43.8 Å². The van der Waals surface area contributed by atoms with Crippen LogP contribution in [0.15, 0.2) is 83.8 Å². The van der Waals surface area contributed by atoms with Gasteiger partial charge in [0.1, 0.15) is 0 Å². The monoisotopic (exact) mass is 463 g/mol. The van der Waals surface area contributed by atoms with E-state index in [9.17, 15) is 13.2 Å². The molecule has 0 bridgehead atoms. The number of piperazine rings is 1. The van der Waals surface area contributed by atoms with Gasteiger partial charge >= 0.3 is 0 Å². The number of nitrogens with zero attached hydrogens (tertiary/aromatic N) is 3. The molecule has 1 amide bonds. The van der Waals surface area contributed by atoms with Crippen LogP contribution in [0.2, 0.25) is 0 Å². The molecule has 0 N–H and O–H groups in total. The zero-order valence-corrected chi connectivity index (χ0v) is 19.8. The molecular formula is C26H29N3O3S. The number of hydrogen-bond donors (Lipinski definition) is 0. The predicted octanol–water partition coefficient (Wildman–Crippen LogP) is 3.78. The molecule has 0 radical (unpaired) electrons. The van der Waals surface area contributed by atoms with Crippen molar-refractivity contribution in [1.29, 1.82) is 0 Å². The Labute approximate surface area is 196 Å². The molecule has 172 valence electrons. The van der Waals surface area contributed by atoms with Gasteiger partial charge in [-0.15, -0.1) is 0 Å². The lowest BCUT2D eigenvalue weighted by Gasteiger charge is -2.34. The summed E-state index contributed by atoms with van der Waals surface area (Å²) in [6.45, 7) is 4.87. The van der Waals surface area contributed by atoms with E-state index in [1.807, 2.05) is 44.3 Å². The maximum absolute atomic E-state index is 13.8. The van der Waals surface area contributed by atoms with Gasteiger partial charge in [-0.25, -0.2) is 8.42 Å². The molecule has 0 atom stereocenters. The number of sulfonamides is 1. The number of aryl methyl sites for hydroxylation is 1. The number of likely N-dealkylation sites (N-methyl/N-ethyl adjacent to an activating group) is 1. The highest BCUT2D eigenvalue weighted by Crippen LogP contribution is 2.30. The fraction of sp³-hybridized carbons (Fsp3) is 0.269. The molecule has 0 spiro atoms. The molecule has 3 aromatic rings. The van der Waals surface area contributed by atoms with Gasteiger partial charge in [-0.1, -0.05) is 60.2 Å². The van der Waals surface area contributed by atoms with Gasteiger partial charge in [0, 0.05) is 26.2 Å². The van der Waals surface area contributed by atoms with Crippen molar-refractivity contribution in [2.24, 2.45) is 0 Å². The van der Waals surface area contributed by atoms with Gasteiger partial charge in [0.15, 0.2) is 0 Å². The normalized spacial score (nSPS) is 14.8. The second-order valence-electron chi connectivity index (χ2n) is 8.42. The maximum atomic E-state index is 13.8. The molecule has 4 rings (SSSR count). The van der Waals surface area contributed by atoms with Crippen LogP contribution in [0.5, 0.6) is 0 Å². The second-order valence-corrected chi connectivity index (χ2v) is 10.3. The molecule has 0 saturated carbocycles. The quantitative estimate of drug-likeness (QED) is 0.558. The van der Waals surface area contributed by atoms with E-state index in [-0.39, 0.29) is 17.3 Å². The highest BCUT2D eigenvalue weighted by molar-refractivity contribution is 7.92. The van der Waals surface area contributed by atoms with Crippen molar-refractivity contribution in [3.63, 3.8) is 0 Å². The minimum Gasteiger partial charge on any atom is -0.336 e. The number of rotatable bonds is 6. The Morgan fingerprint density at radius 1 is 0.848 bits per heavy atom. The standard InChI is InChI=1S/C26H29N3O3S/c1-21-12-14-23(15-13-21)33(31,32)29(20-22-8-4-3-5-9-22)25-11-7-6-10-24(25)26(30)28-18-16-27(2)17-19-28/h3-15H,16-20H2,1-2H3. The number of anilines is 1. The second kappa shape index (κ2) is 9.77. The molecular weight excluding hydrogens is 434 g/mol. The average Bonchev–Trinajstić information content (AvgIpc) is 2.83. The first kappa shape index (κ1) is 23.0. The molecule has 7 heteroatoms. The number of amides is 1. The van der Waals surface area contributed by atoms with E-state index in [4.69, 9.17) is 0 Å². The molecule has 0 aliphatic carbocycles. The fourth-order valence-corrected chi connectivity index (χ4v) is 5.41. The molecule has 0 unspecified atom stereocenters. The van der Waals surface area contributed by atoms with Crippen LogP contribution in [0.25, 0.3) is 0 Å². The zero-order chi connectivity index (χ0) is 23.4. The first-order chi connectivity index (χ1) is 15.9. The van der Waals surface area contributed by atoms with E-state index >= 15 is 0 Å². The van der Waals surface area contributed by atoms with Crippen LogP contribution in [0.1, 0.15) is 21.5 Å². The Bertz CT molecular complexity index is 1200. The highest BCUT2D eigenvalue weighted by Gasteiger charge is 2.30. The lowest BCUT2D eigenvalue weighted by molar-refractivity contribution is 0.0665. The molecule has 1 saturated heterocycles. The Hall–Kier alpha value is -3.16. The Morgan fingerprint density at radius 2 is 1.45 bits per heavy atom. The van der Waals surface area contributed by atoms with E-state index in [2.05, 4.69) is 4.90 Å². The van der Waals surface area contributed by atoms with Gasteiger partial charge < -0.3 is 9.80 Å². The molecule has 6 nitrogen and oxygen atoms in total. The maximum Gasteiger partial charge on any atom is 0.264 e. The third-order valence-electron chi connectivity index (χ3n) is 5.97. The smallest absolute Gasteiger partial charge is 0.264 e. The molecule has 3 aromatic carbocycles. The molecule has 1 fully saturated rings. The Morgan fingerprint density at radius 3 is 2.12 bits per heavy atom. The fourth-order valence-electron chi connectivity index (χ4n) is 3.94. The van der Waals surface area contributed by atoms with Gasteiger partial charge in [0.2, 0.25) is 0 Å². The largest absolute Gasteiger partial charge is 0.336 e. The van der Waals surface area contributed by atoms with Gasteiger partial charge in [-0.2, -0.15) is 0 Å². The molecule has 1 heterocycles. The van der Waals surface area contributed by atoms with Crippen LogP contribution in [-0.2, 0) is 16.6 Å². The number of carbonyl (C=O) groups is 1. The minimum atomic E-state index is -3.91. The first-order valence-electron chi connectivity index (χ1n) is 11.1. The van der Waals surface area contributed by atoms with Crippen molar-refractivity contribution in [2.75, 3.05) is 37.5 Å². The highest BCUT2D eigenvalue weighted by atomic mass is 32.2. The number of para-hydroxylation sites is 1. The summed E-state index contributed by atoms with van der Waals surface area (Å²) >= 11 is 0. The van der Waals surface area contributed by atoms with Gasteiger partial charge in [0.25, 0.3) is 15.9 Å². The summed E-state index contributed by atoms with van der Waals surface area (Å²) in [7, 11) is -1.88. The van der Waals surface area contributed by atoms with Crippen molar-refractivity contribution in [3.05, 3.63) is 95.6 Å². The summed E-state index contributed by atoms with van der Waals surface area (Å²) in [5.41, 5.74) is 2.61. The van der Waals surface area contributed by atoms with E-state index in [0.29, 0.717) is 24.3 Å². The predicted molar refractivity (Wildman–Crippen MR) is 131 cm³/mol.